The average Bonchev–Trinajstić information content (AvgIpc) is 2.38. The van der Waals surface area contributed by atoms with E-state index in [1.165, 1.54) is 13.8 Å². The van der Waals surface area contributed by atoms with Gasteiger partial charge < -0.3 is 0 Å². The van der Waals surface area contributed by atoms with Crippen molar-refractivity contribution in [1.82, 2.24) is 9.78 Å². The number of hydrogen-bond donors (Lipinski definition) is 0. The highest BCUT2D eigenvalue weighted by Crippen LogP contribution is 2.33. The normalized spacial score (nSPS) is 13.9. The van der Waals surface area contributed by atoms with Crippen molar-refractivity contribution in [3.05, 3.63) is 21.5 Å². The van der Waals surface area contributed by atoms with Gasteiger partial charge in [-0.2, -0.15) is 18.3 Å². The summed E-state index contributed by atoms with van der Waals surface area (Å²) in [5.41, 5.74) is -0.470. The summed E-state index contributed by atoms with van der Waals surface area (Å²) < 4.78 is 37.9. The molecule has 16 heavy (non-hydrogen) atoms. The molecule has 1 rings (SSSR count). The molecule has 0 saturated carbocycles. The van der Waals surface area contributed by atoms with Gasteiger partial charge in [-0.1, -0.05) is 0 Å². The first-order valence-electron chi connectivity index (χ1n) is 4.43. The maximum absolute atomic E-state index is 12.4. The number of hydrogen-bond acceptors (Lipinski definition) is 3. The molecule has 0 N–H and O–H groups in total. The van der Waals surface area contributed by atoms with Crippen molar-refractivity contribution in [1.29, 1.82) is 0 Å². The van der Waals surface area contributed by atoms with Gasteiger partial charge in [0, 0.05) is 0 Å². The van der Waals surface area contributed by atoms with E-state index < -0.39 is 17.1 Å². The lowest BCUT2D eigenvalue weighted by atomic mass is 10.3. The second kappa shape index (κ2) is 3.76. The number of nitrogens with zero attached hydrogens (tertiary/aromatic N) is 3. The Balaban J connectivity index is 3.28. The van der Waals surface area contributed by atoms with Crippen molar-refractivity contribution in [3.63, 3.8) is 0 Å². The van der Waals surface area contributed by atoms with Gasteiger partial charge in [-0.25, -0.2) is 0 Å². The zero-order chi connectivity index (χ0) is 12.7. The van der Waals surface area contributed by atoms with Crippen molar-refractivity contribution >= 4 is 5.69 Å². The summed E-state index contributed by atoms with van der Waals surface area (Å²) in [6.45, 7) is 3.47. The predicted octanol–water partition coefficient (Wildman–Crippen LogP) is 2.53. The minimum Gasteiger partial charge on any atom is -0.258 e. The van der Waals surface area contributed by atoms with Gasteiger partial charge in [0.1, 0.15) is 17.4 Å². The van der Waals surface area contributed by atoms with Gasteiger partial charge in [0.05, 0.1) is 4.92 Å². The Hall–Kier alpha value is -1.60. The topological polar surface area (TPSA) is 61.0 Å². The molecule has 0 aliphatic carbocycles. The largest absolute Gasteiger partial charge is 0.410 e. The molecule has 0 amide bonds. The molecule has 8 heteroatoms. The Labute approximate surface area is 89.0 Å². The second-order valence-electron chi connectivity index (χ2n) is 3.44. The van der Waals surface area contributed by atoms with E-state index in [9.17, 15) is 23.3 Å². The molecule has 1 unspecified atom stereocenters. The van der Waals surface area contributed by atoms with Gasteiger partial charge in [0.25, 0.3) is 0 Å². The molecule has 90 valence electrons. The number of aryl methyl sites for hydroxylation is 1. The van der Waals surface area contributed by atoms with Crippen LogP contribution in [-0.4, -0.2) is 20.9 Å². The van der Waals surface area contributed by atoms with Crippen LogP contribution in [0.3, 0.4) is 0 Å². The molecule has 0 spiro atoms. The Kier molecular flexibility index (Phi) is 2.93. The molecule has 0 bridgehead atoms. The van der Waals surface area contributed by atoms with Crippen LogP contribution < -0.4 is 0 Å². The third-order valence-corrected chi connectivity index (χ3v) is 2.31. The maximum Gasteiger partial charge on any atom is 0.410 e. The highest BCUT2D eigenvalue weighted by Gasteiger charge is 2.40. The van der Waals surface area contributed by atoms with Crippen molar-refractivity contribution in [2.75, 3.05) is 0 Å². The number of aromatic nitrogens is 2. The number of alkyl halides is 3. The summed E-state index contributed by atoms with van der Waals surface area (Å²) in [5, 5.41) is 14.2. The number of halogens is 3. The standard InChI is InChI=1S/C8H10F3N3O2/c1-4-7(14(15)16)5(2)13(12-4)6(3)8(9,10)11/h6H,1-3H3. The van der Waals surface area contributed by atoms with Crippen molar-refractivity contribution in [2.24, 2.45) is 0 Å². The second-order valence-corrected chi connectivity index (χ2v) is 3.44. The van der Waals surface area contributed by atoms with E-state index in [4.69, 9.17) is 0 Å². The van der Waals surface area contributed by atoms with Crippen molar-refractivity contribution < 1.29 is 18.1 Å². The molecule has 1 atom stereocenters. The third-order valence-electron chi connectivity index (χ3n) is 2.31. The van der Waals surface area contributed by atoms with Gasteiger partial charge >= 0.3 is 11.9 Å². The van der Waals surface area contributed by atoms with Crippen LogP contribution >= 0.6 is 0 Å². The lowest BCUT2D eigenvalue weighted by Crippen LogP contribution is -2.25. The molecule has 1 heterocycles. The van der Waals surface area contributed by atoms with Gasteiger partial charge in [-0.15, -0.1) is 0 Å². The van der Waals surface area contributed by atoms with E-state index in [2.05, 4.69) is 5.10 Å². The Morgan fingerprint density at radius 3 is 2.25 bits per heavy atom. The monoisotopic (exact) mass is 237 g/mol. The molecule has 1 aromatic heterocycles. The fourth-order valence-electron chi connectivity index (χ4n) is 1.43. The van der Waals surface area contributed by atoms with Crippen LogP contribution in [-0.2, 0) is 0 Å². The molecule has 0 saturated heterocycles. The summed E-state index contributed by atoms with van der Waals surface area (Å²) in [5.74, 6) is 0. The summed E-state index contributed by atoms with van der Waals surface area (Å²) in [6.07, 6.45) is -4.48. The predicted molar refractivity (Wildman–Crippen MR) is 49.1 cm³/mol. The maximum atomic E-state index is 12.4. The lowest BCUT2D eigenvalue weighted by Gasteiger charge is -2.16. The fraction of sp³-hybridized carbons (Fsp3) is 0.625. The van der Waals surface area contributed by atoms with Gasteiger partial charge in [0.15, 0.2) is 0 Å². The van der Waals surface area contributed by atoms with E-state index in [0.717, 1.165) is 6.92 Å². The SMILES string of the molecule is Cc1nn(C(C)C(F)(F)F)c(C)c1[N+](=O)[O-]. The average molecular weight is 237 g/mol. The molecule has 0 aliphatic heterocycles. The van der Waals surface area contributed by atoms with Crippen LogP contribution in [0, 0.1) is 24.0 Å². The van der Waals surface area contributed by atoms with Crippen LogP contribution in [0.25, 0.3) is 0 Å². The summed E-state index contributed by atoms with van der Waals surface area (Å²) in [4.78, 5) is 9.87. The van der Waals surface area contributed by atoms with Crippen LogP contribution in [0.1, 0.15) is 24.4 Å². The Bertz CT molecular complexity index is 425. The Morgan fingerprint density at radius 2 is 1.94 bits per heavy atom. The van der Waals surface area contributed by atoms with Crippen LogP contribution in [0.4, 0.5) is 18.9 Å². The van der Waals surface area contributed by atoms with Gasteiger partial charge in [-0.3, -0.25) is 14.8 Å². The third kappa shape index (κ3) is 2.00. The first-order chi connectivity index (χ1) is 7.16. The molecule has 0 fully saturated rings. The van der Waals surface area contributed by atoms with Crippen LogP contribution in [0.2, 0.25) is 0 Å². The number of rotatable bonds is 2. The Morgan fingerprint density at radius 1 is 1.44 bits per heavy atom. The minimum atomic E-state index is -4.48. The lowest BCUT2D eigenvalue weighted by molar-refractivity contribution is -0.386. The molecule has 1 aromatic rings. The first-order valence-corrected chi connectivity index (χ1v) is 4.43. The summed E-state index contributed by atoms with van der Waals surface area (Å²) >= 11 is 0. The molecule has 0 radical (unpaired) electrons. The molecule has 5 nitrogen and oxygen atoms in total. The zero-order valence-corrected chi connectivity index (χ0v) is 8.87. The van der Waals surface area contributed by atoms with E-state index >= 15 is 0 Å². The quantitative estimate of drug-likeness (QED) is 0.586. The highest BCUT2D eigenvalue weighted by atomic mass is 19.4. The molecular weight excluding hydrogens is 227 g/mol. The highest BCUT2D eigenvalue weighted by molar-refractivity contribution is 5.39. The smallest absolute Gasteiger partial charge is 0.258 e. The molecule has 0 aliphatic rings. The van der Waals surface area contributed by atoms with E-state index in [0.29, 0.717) is 4.68 Å². The van der Waals surface area contributed by atoms with Crippen molar-refractivity contribution in [2.45, 2.75) is 33.0 Å². The van der Waals surface area contributed by atoms with Crippen molar-refractivity contribution in [3.8, 4) is 0 Å². The summed E-state index contributed by atoms with van der Waals surface area (Å²) in [7, 11) is 0. The van der Waals surface area contributed by atoms with Gasteiger partial charge in [-0.05, 0) is 20.8 Å². The van der Waals surface area contributed by atoms with Gasteiger partial charge in [0.2, 0.25) is 0 Å². The molecular formula is C8H10F3N3O2. The fourth-order valence-corrected chi connectivity index (χ4v) is 1.43. The van der Waals surface area contributed by atoms with E-state index in [-0.39, 0.29) is 17.1 Å². The minimum absolute atomic E-state index is 0.0152. The first kappa shape index (κ1) is 12.5. The van der Waals surface area contributed by atoms with E-state index in [1.807, 2.05) is 0 Å². The summed E-state index contributed by atoms with van der Waals surface area (Å²) in [6, 6.07) is -1.88. The van der Waals surface area contributed by atoms with Crippen LogP contribution in [0.15, 0.2) is 0 Å². The number of nitro groups is 1. The van der Waals surface area contributed by atoms with Crippen LogP contribution in [0.5, 0.6) is 0 Å². The zero-order valence-electron chi connectivity index (χ0n) is 8.87. The van der Waals surface area contributed by atoms with E-state index in [1.54, 1.807) is 0 Å². The molecule has 0 aromatic carbocycles.